The van der Waals surface area contributed by atoms with Crippen LogP contribution in [0.1, 0.15) is 83.9 Å². The lowest BCUT2D eigenvalue weighted by atomic mass is 9.76. The summed E-state index contributed by atoms with van der Waals surface area (Å²) in [6, 6.07) is 12.4. The highest BCUT2D eigenvalue weighted by atomic mass is 19.3. The van der Waals surface area contributed by atoms with Crippen LogP contribution in [-0.4, -0.2) is 25.3 Å². The average molecular weight is 489 g/mol. The largest absolute Gasteiger partial charge is 0.493 e. The molecule has 0 heterocycles. The minimum atomic E-state index is -2.87. The van der Waals surface area contributed by atoms with Crippen molar-refractivity contribution >= 4 is 12.1 Å². The van der Waals surface area contributed by atoms with E-state index in [1.54, 1.807) is 12.1 Å². The van der Waals surface area contributed by atoms with E-state index in [-0.39, 0.29) is 28.9 Å². The smallest absolute Gasteiger partial charge is 0.387 e. The number of amides is 1. The van der Waals surface area contributed by atoms with Crippen LogP contribution in [0.25, 0.3) is 0 Å². The third-order valence-electron chi connectivity index (χ3n) is 6.57. The van der Waals surface area contributed by atoms with Crippen LogP contribution >= 0.6 is 0 Å². The molecule has 0 atom stereocenters. The maximum absolute atomic E-state index is 12.2. The summed E-state index contributed by atoms with van der Waals surface area (Å²) in [7, 11) is 0. The Hall–Kier alpha value is -2.96. The number of nitrogens with one attached hydrogen (secondary N) is 1. The minimum absolute atomic E-state index is 0.0228. The Morgan fingerprint density at radius 2 is 1.69 bits per heavy atom. The van der Waals surface area contributed by atoms with Gasteiger partial charge in [0.2, 0.25) is 5.91 Å². The van der Waals surface area contributed by atoms with Gasteiger partial charge in [0.05, 0.1) is 12.8 Å². The molecule has 0 aromatic heterocycles. The van der Waals surface area contributed by atoms with E-state index < -0.39 is 6.61 Å². The van der Waals surface area contributed by atoms with E-state index in [9.17, 15) is 13.6 Å². The number of alkyl halides is 2. The van der Waals surface area contributed by atoms with E-state index in [0.29, 0.717) is 18.6 Å². The van der Waals surface area contributed by atoms with Crippen LogP contribution in [0, 0.1) is 0 Å². The van der Waals surface area contributed by atoms with Crippen molar-refractivity contribution in [1.82, 2.24) is 5.43 Å². The SMILES string of the molecule is CCC(C)(C)c1ccc(OCCCC(=O)NN=Cc2ccc(OC(F)F)cc2)c(C(C)(C)CC)c1. The molecular formula is C28H38F2N2O3. The summed E-state index contributed by atoms with van der Waals surface area (Å²) in [6.45, 7) is 10.9. The lowest BCUT2D eigenvalue weighted by Crippen LogP contribution is -2.21. The minimum Gasteiger partial charge on any atom is -0.493 e. The highest BCUT2D eigenvalue weighted by Gasteiger charge is 2.26. The zero-order chi connectivity index (χ0) is 26.1. The van der Waals surface area contributed by atoms with Gasteiger partial charge in [0, 0.05) is 12.0 Å². The van der Waals surface area contributed by atoms with Crippen molar-refractivity contribution in [3.05, 3.63) is 59.2 Å². The van der Waals surface area contributed by atoms with Crippen molar-refractivity contribution < 1.29 is 23.0 Å². The van der Waals surface area contributed by atoms with Crippen LogP contribution in [0.4, 0.5) is 8.78 Å². The number of hydrogen-bond donors (Lipinski definition) is 1. The number of benzene rings is 2. The predicted octanol–water partition coefficient (Wildman–Crippen LogP) is 6.97. The van der Waals surface area contributed by atoms with Gasteiger partial charge in [0.1, 0.15) is 11.5 Å². The normalized spacial score (nSPS) is 12.3. The molecule has 2 aromatic rings. The van der Waals surface area contributed by atoms with Gasteiger partial charge in [-0.05, 0) is 71.6 Å². The number of hydrogen-bond acceptors (Lipinski definition) is 4. The molecule has 35 heavy (non-hydrogen) atoms. The lowest BCUT2D eigenvalue weighted by Gasteiger charge is -2.30. The Labute approximate surface area is 207 Å². The molecule has 5 nitrogen and oxygen atoms in total. The van der Waals surface area contributed by atoms with Crippen LogP contribution in [0.2, 0.25) is 0 Å². The molecule has 1 amide bonds. The van der Waals surface area contributed by atoms with Gasteiger partial charge in [-0.15, -0.1) is 0 Å². The Kier molecular flexibility index (Phi) is 10.2. The van der Waals surface area contributed by atoms with E-state index >= 15 is 0 Å². The van der Waals surface area contributed by atoms with Crippen molar-refractivity contribution in [2.24, 2.45) is 5.10 Å². The number of hydrazone groups is 1. The zero-order valence-electron chi connectivity index (χ0n) is 21.7. The second kappa shape index (κ2) is 12.7. The quantitative estimate of drug-likeness (QED) is 0.188. The predicted molar refractivity (Wildman–Crippen MR) is 137 cm³/mol. The summed E-state index contributed by atoms with van der Waals surface area (Å²) in [5, 5.41) is 3.91. The number of rotatable bonds is 13. The van der Waals surface area contributed by atoms with Gasteiger partial charge < -0.3 is 9.47 Å². The van der Waals surface area contributed by atoms with Gasteiger partial charge in [-0.3, -0.25) is 4.79 Å². The summed E-state index contributed by atoms with van der Waals surface area (Å²) >= 11 is 0. The molecule has 2 rings (SSSR count). The van der Waals surface area contributed by atoms with Crippen LogP contribution in [-0.2, 0) is 15.6 Å². The van der Waals surface area contributed by atoms with Gasteiger partial charge in [0.25, 0.3) is 0 Å². The van der Waals surface area contributed by atoms with E-state index in [0.717, 1.165) is 18.6 Å². The van der Waals surface area contributed by atoms with Gasteiger partial charge in [0.15, 0.2) is 0 Å². The summed E-state index contributed by atoms with van der Waals surface area (Å²) in [6.07, 6.45) is 4.30. The van der Waals surface area contributed by atoms with Gasteiger partial charge in [-0.25, -0.2) is 5.43 Å². The molecule has 1 N–H and O–H groups in total. The van der Waals surface area contributed by atoms with E-state index in [2.05, 4.69) is 75.0 Å². The molecule has 0 saturated heterocycles. The summed E-state index contributed by atoms with van der Waals surface area (Å²) in [4.78, 5) is 12.1. The number of halogens is 2. The van der Waals surface area contributed by atoms with Crippen LogP contribution in [0.5, 0.6) is 11.5 Å². The lowest BCUT2D eigenvalue weighted by molar-refractivity contribution is -0.121. The molecule has 0 fully saturated rings. The third kappa shape index (κ3) is 8.64. The molecule has 0 aliphatic heterocycles. The molecule has 0 aliphatic carbocycles. The number of nitrogens with zero attached hydrogens (tertiary/aromatic N) is 1. The molecule has 0 saturated carbocycles. The molecule has 0 spiro atoms. The number of carbonyl (C=O) groups is 1. The topological polar surface area (TPSA) is 59.9 Å². The first-order valence-electron chi connectivity index (χ1n) is 12.1. The highest BCUT2D eigenvalue weighted by Crippen LogP contribution is 2.38. The van der Waals surface area contributed by atoms with Crippen molar-refractivity contribution in [2.45, 2.75) is 84.7 Å². The first-order valence-corrected chi connectivity index (χ1v) is 12.1. The Morgan fingerprint density at radius 1 is 1.03 bits per heavy atom. The summed E-state index contributed by atoms with van der Waals surface area (Å²) in [5.41, 5.74) is 5.69. The molecule has 0 radical (unpaired) electrons. The number of carbonyl (C=O) groups excluding carboxylic acids is 1. The fourth-order valence-electron chi connectivity index (χ4n) is 3.39. The summed E-state index contributed by atoms with van der Waals surface area (Å²) in [5.74, 6) is 0.706. The molecule has 0 unspecified atom stereocenters. The van der Waals surface area contributed by atoms with Crippen molar-refractivity contribution in [3.63, 3.8) is 0 Å². The van der Waals surface area contributed by atoms with Crippen LogP contribution in [0.3, 0.4) is 0 Å². The highest BCUT2D eigenvalue weighted by molar-refractivity contribution is 5.82. The zero-order valence-corrected chi connectivity index (χ0v) is 21.7. The standard InChI is InChI=1S/C28H38F2N2O3/c1-7-27(3,4)21-13-16-24(23(18-21)28(5,6)8-2)34-17-9-10-25(33)32-31-19-20-11-14-22(15-12-20)35-26(29)30/h11-16,18-19,26H,7-10,17H2,1-6H3,(H,32,33). The summed E-state index contributed by atoms with van der Waals surface area (Å²) < 4.78 is 34.8. The fourth-order valence-corrected chi connectivity index (χ4v) is 3.39. The fraction of sp³-hybridized carbons (Fsp3) is 0.500. The molecule has 0 bridgehead atoms. The van der Waals surface area contributed by atoms with Crippen molar-refractivity contribution in [2.75, 3.05) is 6.61 Å². The van der Waals surface area contributed by atoms with Gasteiger partial charge in [-0.1, -0.05) is 53.7 Å². The molecule has 2 aromatic carbocycles. The van der Waals surface area contributed by atoms with E-state index in [1.165, 1.54) is 29.5 Å². The first kappa shape index (κ1) is 28.3. The van der Waals surface area contributed by atoms with Crippen LogP contribution in [0.15, 0.2) is 47.6 Å². The first-order chi connectivity index (χ1) is 16.5. The monoisotopic (exact) mass is 488 g/mol. The van der Waals surface area contributed by atoms with Gasteiger partial charge in [-0.2, -0.15) is 13.9 Å². The Balaban J connectivity index is 1.88. The van der Waals surface area contributed by atoms with Crippen molar-refractivity contribution in [3.8, 4) is 11.5 Å². The maximum atomic E-state index is 12.2. The molecule has 192 valence electrons. The second-order valence-corrected chi connectivity index (χ2v) is 9.88. The number of ether oxygens (including phenoxy) is 2. The molecule has 7 heteroatoms. The third-order valence-corrected chi connectivity index (χ3v) is 6.57. The van der Waals surface area contributed by atoms with E-state index in [4.69, 9.17) is 4.74 Å². The van der Waals surface area contributed by atoms with Crippen LogP contribution < -0.4 is 14.9 Å². The molecular weight excluding hydrogens is 450 g/mol. The van der Waals surface area contributed by atoms with E-state index in [1.807, 2.05) is 0 Å². The Bertz CT molecular complexity index is 986. The van der Waals surface area contributed by atoms with Gasteiger partial charge >= 0.3 is 6.61 Å². The van der Waals surface area contributed by atoms with Crippen molar-refractivity contribution in [1.29, 1.82) is 0 Å². The maximum Gasteiger partial charge on any atom is 0.387 e. The molecule has 0 aliphatic rings. The Morgan fingerprint density at radius 3 is 2.29 bits per heavy atom. The second-order valence-electron chi connectivity index (χ2n) is 9.88. The average Bonchev–Trinajstić information content (AvgIpc) is 2.82.